The Morgan fingerprint density at radius 2 is 2.12 bits per heavy atom. The summed E-state index contributed by atoms with van der Waals surface area (Å²) in [7, 11) is 0. The van der Waals surface area contributed by atoms with Gasteiger partial charge in [-0.05, 0) is 20.3 Å². The van der Waals surface area contributed by atoms with Gasteiger partial charge in [0.2, 0.25) is 0 Å². The van der Waals surface area contributed by atoms with Crippen LogP contribution in [0.2, 0.25) is 0 Å². The molecule has 94 valence electrons. The van der Waals surface area contributed by atoms with Crippen LogP contribution in [0.15, 0.2) is 12.3 Å². The maximum Gasteiger partial charge on any atom is 0.353 e. The number of esters is 1. The lowest BCUT2D eigenvalue weighted by Gasteiger charge is -2.31. The lowest BCUT2D eigenvalue weighted by molar-refractivity contribution is -0.139. The van der Waals surface area contributed by atoms with Crippen molar-refractivity contribution in [2.75, 3.05) is 13.2 Å². The van der Waals surface area contributed by atoms with Crippen molar-refractivity contribution in [2.45, 2.75) is 26.0 Å². The van der Waals surface area contributed by atoms with Gasteiger partial charge < -0.3 is 10.5 Å². The van der Waals surface area contributed by atoms with Gasteiger partial charge in [0.25, 0.3) is 0 Å². The number of nitrogens with two attached hydrogens (primary N) is 2. The summed E-state index contributed by atoms with van der Waals surface area (Å²) < 4.78 is 9.96. The van der Waals surface area contributed by atoms with E-state index in [1.165, 1.54) is 5.01 Å². The maximum atomic E-state index is 10.9. The molecule has 7 heteroatoms. The molecule has 0 aliphatic heterocycles. The van der Waals surface area contributed by atoms with Gasteiger partial charge in [0.15, 0.2) is 0 Å². The van der Waals surface area contributed by atoms with Gasteiger partial charge >= 0.3 is 5.97 Å². The van der Waals surface area contributed by atoms with E-state index in [0.717, 1.165) is 0 Å². The molecule has 6 nitrogen and oxygen atoms in total. The van der Waals surface area contributed by atoms with Crippen LogP contribution in [0.3, 0.4) is 0 Å². The first-order chi connectivity index (χ1) is 7.31. The molecule has 0 aliphatic carbocycles. The molecule has 0 rings (SSSR count). The molecule has 0 aromatic rings. The molecule has 0 aromatic heterocycles. The number of carbonyl (C=O) groups excluding carboxylic acids is 1. The molecule has 0 aromatic carbocycles. The van der Waals surface area contributed by atoms with E-state index in [1.54, 1.807) is 23.0 Å². The third kappa shape index (κ3) is 5.64. The number of hydrogen-bond donors (Lipinski definition) is 2. The molecule has 0 bridgehead atoms. The minimum Gasteiger partial charge on any atom is -0.461 e. The molecule has 0 saturated heterocycles. The van der Waals surface area contributed by atoms with E-state index in [-0.39, 0.29) is 12.3 Å². The third-order valence-corrected chi connectivity index (χ3v) is 3.00. The lowest BCUT2D eigenvalue weighted by atomic mass is 10.3. The summed E-state index contributed by atoms with van der Waals surface area (Å²) in [6.45, 7) is 7.74. The van der Waals surface area contributed by atoms with Crippen molar-refractivity contribution in [1.82, 2.24) is 5.01 Å². The number of nitrogens with zero attached hydrogens (tertiary/aromatic N) is 1. The minimum absolute atomic E-state index is 0.0967. The summed E-state index contributed by atoms with van der Waals surface area (Å²) in [6, 6.07) is 0. The average molecular weight is 343 g/mol. The summed E-state index contributed by atoms with van der Waals surface area (Å²) >= 11 is 1.79. The Balaban J connectivity index is 3.75. The number of carbonyl (C=O) groups is 1. The van der Waals surface area contributed by atoms with Gasteiger partial charge in [0, 0.05) is 6.54 Å². The van der Waals surface area contributed by atoms with Crippen LogP contribution in [0.25, 0.3) is 0 Å². The van der Waals surface area contributed by atoms with Crippen LogP contribution in [0.4, 0.5) is 0 Å². The summed E-state index contributed by atoms with van der Waals surface area (Å²) in [5.41, 5.74) is 4.49. The van der Waals surface area contributed by atoms with Crippen molar-refractivity contribution in [2.24, 2.45) is 11.6 Å². The van der Waals surface area contributed by atoms with Gasteiger partial charge in [-0.2, -0.15) is 0 Å². The van der Waals surface area contributed by atoms with Crippen molar-refractivity contribution in [3.63, 3.8) is 0 Å². The highest BCUT2D eigenvalue weighted by atomic mass is 127. The highest BCUT2D eigenvalue weighted by Gasteiger charge is 2.23. The van der Waals surface area contributed by atoms with Gasteiger partial charge in [-0.25, -0.2) is 9.80 Å². The highest BCUT2D eigenvalue weighted by Crippen LogP contribution is 2.15. The van der Waals surface area contributed by atoms with Crippen LogP contribution >= 0.6 is 23.0 Å². The normalized spacial score (nSPS) is 11.6. The first-order valence-electron chi connectivity index (χ1n) is 4.75. The highest BCUT2D eigenvalue weighted by molar-refractivity contribution is 14.1. The van der Waals surface area contributed by atoms with Gasteiger partial charge in [-0.3, -0.25) is 8.91 Å². The molecule has 0 atom stereocenters. The predicted molar refractivity (Wildman–Crippen MR) is 69.0 cm³/mol. The van der Waals surface area contributed by atoms with Crippen molar-refractivity contribution in [3.8, 4) is 0 Å². The lowest BCUT2D eigenvalue weighted by Crippen LogP contribution is -2.49. The molecule has 0 radical (unpaired) electrons. The SMILES string of the molecule is C=C(N)C(=O)OCCCN(N)C(C)(C)OI. The molecule has 0 saturated carbocycles. The summed E-state index contributed by atoms with van der Waals surface area (Å²) in [6.07, 6.45) is 0.596. The summed E-state index contributed by atoms with van der Waals surface area (Å²) in [5, 5.41) is 1.53. The Hall–Kier alpha value is -0.380. The van der Waals surface area contributed by atoms with Crippen LogP contribution in [-0.4, -0.2) is 29.9 Å². The van der Waals surface area contributed by atoms with E-state index >= 15 is 0 Å². The minimum atomic E-state index is -0.590. The monoisotopic (exact) mass is 343 g/mol. The Morgan fingerprint density at radius 3 is 2.56 bits per heavy atom. The van der Waals surface area contributed by atoms with E-state index in [1.807, 2.05) is 13.8 Å². The molecule has 0 aliphatic rings. The Labute approximate surface area is 110 Å². The van der Waals surface area contributed by atoms with Crippen LogP contribution in [-0.2, 0) is 12.6 Å². The fourth-order valence-electron chi connectivity index (χ4n) is 0.806. The Kier molecular flexibility index (Phi) is 6.88. The number of hydrogen-bond acceptors (Lipinski definition) is 6. The zero-order valence-electron chi connectivity index (χ0n) is 9.53. The van der Waals surface area contributed by atoms with Crippen LogP contribution < -0.4 is 11.6 Å². The standard InChI is InChI=1S/C9H18IN3O3/c1-7(11)8(14)15-6-4-5-13(12)9(2,3)16-10/h1,4-6,11-12H2,2-3H3. The van der Waals surface area contributed by atoms with Gasteiger partial charge in [0.1, 0.15) is 34.4 Å². The quantitative estimate of drug-likeness (QED) is 0.134. The van der Waals surface area contributed by atoms with Crippen molar-refractivity contribution in [3.05, 3.63) is 12.3 Å². The number of hydrazine groups is 1. The molecule has 16 heavy (non-hydrogen) atoms. The topological polar surface area (TPSA) is 90.8 Å². The zero-order valence-corrected chi connectivity index (χ0v) is 11.7. The Bertz CT molecular complexity index is 258. The second-order valence-corrected chi connectivity index (χ2v) is 4.17. The van der Waals surface area contributed by atoms with Crippen molar-refractivity contribution in [1.29, 1.82) is 0 Å². The van der Waals surface area contributed by atoms with E-state index in [9.17, 15) is 4.79 Å². The molecular formula is C9H18IN3O3. The van der Waals surface area contributed by atoms with Crippen molar-refractivity contribution < 1.29 is 12.6 Å². The van der Waals surface area contributed by atoms with Crippen LogP contribution in [0, 0.1) is 0 Å². The molecule has 0 heterocycles. The smallest absolute Gasteiger partial charge is 0.353 e. The number of ether oxygens (including phenoxy) is 1. The van der Waals surface area contributed by atoms with E-state index in [4.69, 9.17) is 19.4 Å². The molecule has 0 fully saturated rings. The number of rotatable bonds is 7. The fourth-order valence-corrected chi connectivity index (χ4v) is 1.06. The molecule has 0 spiro atoms. The molecule has 0 unspecified atom stereocenters. The second kappa shape index (κ2) is 7.05. The second-order valence-electron chi connectivity index (χ2n) is 3.73. The number of halogens is 1. The zero-order chi connectivity index (χ0) is 12.8. The Morgan fingerprint density at radius 1 is 1.56 bits per heavy atom. The van der Waals surface area contributed by atoms with Crippen LogP contribution in [0.5, 0.6) is 0 Å². The third-order valence-electron chi connectivity index (χ3n) is 1.92. The first kappa shape index (κ1) is 15.6. The average Bonchev–Trinajstić information content (AvgIpc) is 2.23. The molecule has 0 amide bonds. The fraction of sp³-hybridized carbons (Fsp3) is 0.667. The van der Waals surface area contributed by atoms with E-state index in [0.29, 0.717) is 13.0 Å². The first-order valence-corrected chi connectivity index (χ1v) is 5.63. The van der Waals surface area contributed by atoms with Gasteiger partial charge in [-0.15, -0.1) is 0 Å². The van der Waals surface area contributed by atoms with Crippen LogP contribution in [0.1, 0.15) is 20.3 Å². The van der Waals surface area contributed by atoms with E-state index < -0.39 is 11.7 Å². The van der Waals surface area contributed by atoms with E-state index in [2.05, 4.69) is 6.58 Å². The predicted octanol–water partition coefficient (Wildman–Crippen LogP) is 0.670. The van der Waals surface area contributed by atoms with Gasteiger partial charge in [-0.1, -0.05) is 6.58 Å². The molecular weight excluding hydrogens is 325 g/mol. The summed E-state index contributed by atoms with van der Waals surface area (Å²) in [4.78, 5) is 10.9. The van der Waals surface area contributed by atoms with Gasteiger partial charge in [0.05, 0.1) is 6.61 Å². The maximum absolute atomic E-state index is 10.9. The molecule has 4 N–H and O–H groups in total. The van der Waals surface area contributed by atoms with Crippen molar-refractivity contribution >= 4 is 29.0 Å². The largest absolute Gasteiger partial charge is 0.461 e. The summed E-state index contributed by atoms with van der Waals surface area (Å²) in [5.74, 6) is 5.17.